The van der Waals surface area contributed by atoms with Crippen LogP contribution >= 0.6 is 0 Å². The summed E-state index contributed by atoms with van der Waals surface area (Å²) in [5, 5.41) is 5.97. The van der Waals surface area contributed by atoms with E-state index in [0.717, 1.165) is 11.4 Å². The molecule has 3 rings (SSSR count). The second-order valence-corrected chi connectivity index (χ2v) is 6.38. The molecule has 0 spiro atoms. The maximum Gasteiger partial charge on any atom is 0.274 e. The van der Waals surface area contributed by atoms with Crippen LogP contribution in [-0.4, -0.2) is 44.2 Å². The zero-order valence-corrected chi connectivity index (χ0v) is 16.8. The molecule has 0 fully saturated rings. The molecule has 29 heavy (non-hydrogen) atoms. The summed E-state index contributed by atoms with van der Waals surface area (Å²) in [7, 11) is 7.06. The molecule has 1 amide bonds. The van der Waals surface area contributed by atoms with Crippen LogP contribution in [0.15, 0.2) is 54.9 Å². The van der Waals surface area contributed by atoms with Crippen LogP contribution in [0.2, 0.25) is 0 Å². The number of ether oxygens (including phenoxy) is 2. The summed E-state index contributed by atoms with van der Waals surface area (Å²) in [6, 6.07) is 14.6. The second kappa shape index (κ2) is 8.92. The van der Waals surface area contributed by atoms with Gasteiger partial charge in [-0.15, -0.1) is 0 Å². The molecule has 0 aliphatic carbocycles. The number of hydrogen-bond acceptors (Lipinski definition) is 7. The number of carbonyl (C=O) groups is 1. The van der Waals surface area contributed by atoms with Crippen molar-refractivity contribution in [2.24, 2.45) is 0 Å². The van der Waals surface area contributed by atoms with E-state index in [1.165, 1.54) is 13.4 Å². The fraction of sp³-hybridized carbons (Fsp3) is 0.190. The van der Waals surface area contributed by atoms with E-state index in [-0.39, 0.29) is 11.6 Å². The molecular weight excluding hydrogens is 370 g/mol. The topological polar surface area (TPSA) is 88.6 Å². The zero-order valence-electron chi connectivity index (χ0n) is 16.8. The van der Waals surface area contributed by atoms with E-state index in [0.29, 0.717) is 23.0 Å². The van der Waals surface area contributed by atoms with Crippen LogP contribution in [-0.2, 0) is 0 Å². The third-order valence-corrected chi connectivity index (χ3v) is 4.21. The molecular formula is C21H23N5O3. The van der Waals surface area contributed by atoms with Gasteiger partial charge in [-0.2, -0.15) is 0 Å². The smallest absolute Gasteiger partial charge is 0.274 e. The number of aromatic nitrogens is 2. The van der Waals surface area contributed by atoms with Crippen LogP contribution in [0.1, 0.15) is 10.5 Å². The molecule has 3 aromatic rings. The third-order valence-electron chi connectivity index (χ3n) is 4.21. The van der Waals surface area contributed by atoms with Crippen molar-refractivity contribution in [1.29, 1.82) is 0 Å². The number of methoxy groups -OCH3 is 2. The maximum absolute atomic E-state index is 12.6. The molecule has 0 bridgehead atoms. The van der Waals surface area contributed by atoms with Crippen LogP contribution in [0.4, 0.5) is 22.9 Å². The van der Waals surface area contributed by atoms with Gasteiger partial charge >= 0.3 is 0 Å². The Morgan fingerprint density at radius 3 is 2.38 bits per heavy atom. The molecule has 0 saturated heterocycles. The molecule has 1 aromatic heterocycles. The number of hydrogen-bond donors (Lipinski definition) is 2. The number of nitrogens with zero attached hydrogens (tertiary/aromatic N) is 3. The van der Waals surface area contributed by atoms with Crippen molar-refractivity contribution in [3.8, 4) is 11.5 Å². The molecule has 8 heteroatoms. The van der Waals surface area contributed by atoms with E-state index in [1.54, 1.807) is 31.4 Å². The first-order valence-electron chi connectivity index (χ1n) is 8.90. The van der Waals surface area contributed by atoms with Gasteiger partial charge in [0.2, 0.25) is 0 Å². The minimum atomic E-state index is -0.373. The molecule has 0 atom stereocenters. The molecule has 0 unspecified atom stereocenters. The first-order chi connectivity index (χ1) is 14.0. The lowest BCUT2D eigenvalue weighted by Gasteiger charge is -2.13. The average Bonchev–Trinajstić information content (AvgIpc) is 2.74. The van der Waals surface area contributed by atoms with Crippen LogP contribution in [0.5, 0.6) is 11.5 Å². The standard InChI is InChI=1S/C21H23N5O3/c1-26(2)15-7-5-14(6-8-15)24-20-12-18(22-13-23-20)21(27)25-17-10-9-16(28-3)11-19(17)29-4/h5-13H,1-4H3,(H,25,27)(H,22,23,24). The van der Waals surface area contributed by atoms with Crippen molar-refractivity contribution in [1.82, 2.24) is 9.97 Å². The fourth-order valence-corrected chi connectivity index (χ4v) is 2.63. The summed E-state index contributed by atoms with van der Waals surface area (Å²) in [6.45, 7) is 0. The van der Waals surface area contributed by atoms with E-state index < -0.39 is 0 Å². The lowest BCUT2D eigenvalue weighted by Crippen LogP contribution is -2.15. The van der Waals surface area contributed by atoms with E-state index in [9.17, 15) is 4.79 Å². The minimum Gasteiger partial charge on any atom is -0.497 e. The largest absolute Gasteiger partial charge is 0.497 e. The monoisotopic (exact) mass is 393 g/mol. The summed E-state index contributed by atoms with van der Waals surface area (Å²) in [5.74, 6) is 1.27. The first-order valence-corrected chi connectivity index (χ1v) is 8.90. The van der Waals surface area contributed by atoms with Gasteiger partial charge in [0.1, 0.15) is 29.3 Å². The fourth-order valence-electron chi connectivity index (χ4n) is 2.63. The Morgan fingerprint density at radius 1 is 0.966 bits per heavy atom. The second-order valence-electron chi connectivity index (χ2n) is 6.38. The lowest BCUT2D eigenvalue weighted by atomic mass is 10.2. The molecule has 2 N–H and O–H groups in total. The van der Waals surface area contributed by atoms with Crippen molar-refractivity contribution in [3.63, 3.8) is 0 Å². The summed E-state index contributed by atoms with van der Waals surface area (Å²) in [6.07, 6.45) is 1.34. The lowest BCUT2D eigenvalue weighted by molar-refractivity contribution is 0.102. The molecule has 8 nitrogen and oxygen atoms in total. The number of nitrogens with one attached hydrogen (secondary N) is 2. The average molecular weight is 393 g/mol. The molecule has 1 heterocycles. The number of rotatable bonds is 7. The van der Waals surface area contributed by atoms with Gasteiger partial charge in [-0.3, -0.25) is 4.79 Å². The van der Waals surface area contributed by atoms with Crippen LogP contribution in [0, 0.1) is 0 Å². The van der Waals surface area contributed by atoms with E-state index in [4.69, 9.17) is 9.47 Å². The number of carbonyl (C=O) groups excluding carboxylic acids is 1. The Balaban J connectivity index is 1.74. The van der Waals surface area contributed by atoms with Crippen molar-refractivity contribution in [3.05, 3.63) is 60.6 Å². The Labute approximate surface area is 169 Å². The normalized spacial score (nSPS) is 10.2. The van der Waals surface area contributed by atoms with Crippen molar-refractivity contribution in [2.45, 2.75) is 0 Å². The van der Waals surface area contributed by atoms with Gasteiger partial charge in [0.15, 0.2) is 0 Å². The van der Waals surface area contributed by atoms with Gasteiger partial charge in [0.05, 0.1) is 19.9 Å². The van der Waals surface area contributed by atoms with E-state index in [2.05, 4.69) is 20.6 Å². The van der Waals surface area contributed by atoms with Crippen molar-refractivity contribution >= 4 is 28.8 Å². The zero-order chi connectivity index (χ0) is 20.8. The van der Waals surface area contributed by atoms with Gasteiger partial charge in [0, 0.05) is 37.6 Å². The summed E-state index contributed by atoms with van der Waals surface area (Å²) >= 11 is 0. The van der Waals surface area contributed by atoms with Gasteiger partial charge in [-0.25, -0.2) is 9.97 Å². The van der Waals surface area contributed by atoms with E-state index >= 15 is 0 Å². The minimum absolute atomic E-state index is 0.227. The Morgan fingerprint density at radius 2 is 1.72 bits per heavy atom. The number of amides is 1. The molecule has 0 aliphatic rings. The van der Waals surface area contributed by atoms with Crippen molar-refractivity contribution < 1.29 is 14.3 Å². The summed E-state index contributed by atoms with van der Waals surface area (Å²) in [4.78, 5) is 22.9. The Hall–Kier alpha value is -3.81. The highest BCUT2D eigenvalue weighted by Gasteiger charge is 2.13. The number of benzene rings is 2. The van der Waals surface area contributed by atoms with Gasteiger partial charge < -0.3 is 25.0 Å². The number of anilines is 4. The highest BCUT2D eigenvalue weighted by molar-refractivity contribution is 6.04. The maximum atomic E-state index is 12.6. The first kappa shape index (κ1) is 19.9. The van der Waals surface area contributed by atoms with Crippen LogP contribution in [0.3, 0.4) is 0 Å². The SMILES string of the molecule is COc1ccc(NC(=O)c2cc(Nc3ccc(N(C)C)cc3)ncn2)c(OC)c1. The van der Waals surface area contributed by atoms with Crippen LogP contribution < -0.4 is 25.0 Å². The predicted octanol–water partition coefficient (Wildman–Crippen LogP) is 3.56. The molecule has 0 radical (unpaired) electrons. The Bertz CT molecular complexity index is 990. The van der Waals surface area contributed by atoms with Gasteiger partial charge in [0.25, 0.3) is 5.91 Å². The predicted molar refractivity (Wildman–Crippen MR) is 114 cm³/mol. The third kappa shape index (κ3) is 4.92. The highest BCUT2D eigenvalue weighted by Crippen LogP contribution is 2.29. The summed E-state index contributed by atoms with van der Waals surface area (Å²) < 4.78 is 10.5. The molecule has 0 aliphatic heterocycles. The van der Waals surface area contributed by atoms with Gasteiger partial charge in [-0.1, -0.05) is 0 Å². The quantitative estimate of drug-likeness (QED) is 0.634. The molecule has 2 aromatic carbocycles. The van der Waals surface area contributed by atoms with Crippen LogP contribution in [0.25, 0.3) is 0 Å². The molecule has 0 saturated carbocycles. The highest BCUT2D eigenvalue weighted by atomic mass is 16.5. The van der Waals surface area contributed by atoms with E-state index in [1.807, 2.05) is 43.3 Å². The Kier molecular flexibility index (Phi) is 6.13. The molecule has 150 valence electrons. The summed E-state index contributed by atoms with van der Waals surface area (Å²) in [5.41, 5.74) is 2.69. The van der Waals surface area contributed by atoms with Gasteiger partial charge in [-0.05, 0) is 36.4 Å². The van der Waals surface area contributed by atoms with Crippen molar-refractivity contribution in [2.75, 3.05) is 43.8 Å².